The summed E-state index contributed by atoms with van der Waals surface area (Å²) in [5.74, 6) is 0. The molecule has 24 heavy (non-hydrogen) atoms. The van der Waals surface area contributed by atoms with Gasteiger partial charge in [0.05, 0.1) is 13.2 Å². The molecule has 0 aliphatic carbocycles. The normalized spacial score (nSPS) is 21.1. The number of thiocarbonyl (C=S) groups is 2. The Kier molecular flexibility index (Phi) is 15.2. The van der Waals surface area contributed by atoms with E-state index in [-0.39, 0.29) is 0 Å². The minimum Gasteiger partial charge on any atom is -0.394 e. The standard InChI is InChI=1S/2C6H12O5S/c2*7-1-3(8)5(10)6(11)4(9)2-12/h2*2-11H,1H2/t3-,4+,5-,6-;3-,4-,5-,6-/m11/s1. The van der Waals surface area contributed by atoms with Gasteiger partial charge in [0.1, 0.15) is 48.8 Å². The molecule has 144 valence electrons. The third-order valence-electron chi connectivity index (χ3n) is 2.84. The van der Waals surface area contributed by atoms with Crippen molar-refractivity contribution in [2.45, 2.75) is 48.8 Å². The van der Waals surface area contributed by atoms with Crippen LogP contribution in [-0.2, 0) is 0 Å². The fourth-order valence-electron chi connectivity index (χ4n) is 1.24. The maximum atomic E-state index is 9.02. The Morgan fingerprint density at radius 1 is 0.542 bits per heavy atom. The van der Waals surface area contributed by atoms with Gasteiger partial charge in [0.15, 0.2) is 0 Å². The van der Waals surface area contributed by atoms with E-state index in [1.165, 1.54) is 0 Å². The van der Waals surface area contributed by atoms with Crippen molar-refractivity contribution in [1.82, 2.24) is 0 Å². The molecule has 0 aromatic rings. The van der Waals surface area contributed by atoms with Crippen molar-refractivity contribution in [3.05, 3.63) is 0 Å². The third kappa shape index (κ3) is 9.31. The summed E-state index contributed by atoms with van der Waals surface area (Å²) in [5.41, 5.74) is 0. The first-order valence-electron chi connectivity index (χ1n) is 6.65. The van der Waals surface area contributed by atoms with Crippen LogP contribution in [-0.4, -0.2) is 124 Å². The van der Waals surface area contributed by atoms with Crippen LogP contribution in [0.3, 0.4) is 0 Å². The van der Waals surface area contributed by atoms with Crippen molar-refractivity contribution in [2.75, 3.05) is 13.2 Å². The molecule has 10 nitrogen and oxygen atoms in total. The minimum absolute atomic E-state index is 0.692. The zero-order valence-electron chi connectivity index (χ0n) is 12.5. The topological polar surface area (TPSA) is 202 Å². The van der Waals surface area contributed by atoms with Crippen LogP contribution >= 0.6 is 24.4 Å². The van der Waals surface area contributed by atoms with Crippen LogP contribution in [0.5, 0.6) is 0 Å². The Hall–Kier alpha value is -0.220. The second-order valence-electron chi connectivity index (χ2n) is 4.72. The van der Waals surface area contributed by atoms with Gasteiger partial charge in [0.2, 0.25) is 0 Å². The smallest absolute Gasteiger partial charge is 0.113 e. The van der Waals surface area contributed by atoms with Gasteiger partial charge in [0.25, 0.3) is 0 Å². The molecule has 0 bridgehead atoms. The molecule has 0 radical (unpaired) electrons. The first-order valence-corrected chi connectivity index (χ1v) is 7.60. The van der Waals surface area contributed by atoms with Gasteiger partial charge in [-0.3, -0.25) is 0 Å². The lowest BCUT2D eigenvalue weighted by Gasteiger charge is -2.23. The second-order valence-corrected chi connectivity index (χ2v) is 5.26. The molecule has 8 atom stereocenters. The molecule has 0 heterocycles. The number of hydrogen-bond acceptors (Lipinski definition) is 12. The zero-order chi connectivity index (χ0) is 19.4. The Morgan fingerprint density at radius 2 is 0.792 bits per heavy atom. The highest BCUT2D eigenvalue weighted by Crippen LogP contribution is 2.04. The van der Waals surface area contributed by atoms with Gasteiger partial charge in [-0.05, 0) is 0 Å². The maximum Gasteiger partial charge on any atom is 0.113 e. The van der Waals surface area contributed by atoms with Crippen molar-refractivity contribution in [2.24, 2.45) is 0 Å². The Balaban J connectivity index is 0. The molecule has 0 spiro atoms. The van der Waals surface area contributed by atoms with Gasteiger partial charge in [-0.15, -0.1) is 0 Å². The van der Waals surface area contributed by atoms with Gasteiger partial charge < -0.3 is 51.1 Å². The molecule has 0 saturated heterocycles. The summed E-state index contributed by atoms with van der Waals surface area (Å²) in [5, 5.41) is 89.9. The highest BCUT2D eigenvalue weighted by atomic mass is 32.1. The number of hydrogen-bond donors (Lipinski definition) is 10. The summed E-state index contributed by atoms with van der Waals surface area (Å²) in [4.78, 5) is 0. The van der Waals surface area contributed by atoms with Crippen LogP contribution in [0, 0.1) is 0 Å². The molecule has 0 aromatic carbocycles. The van der Waals surface area contributed by atoms with E-state index in [2.05, 4.69) is 24.4 Å². The molecular formula is C12H24O10S2. The Morgan fingerprint density at radius 3 is 0.958 bits per heavy atom. The van der Waals surface area contributed by atoms with E-state index in [1.807, 2.05) is 0 Å². The van der Waals surface area contributed by atoms with Gasteiger partial charge >= 0.3 is 0 Å². The van der Waals surface area contributed by atoms with Crippen LogP contribution < -0.4 is 0 Å². The number of aliphatic hydroxyl groups is 10. The quantitative estimate of drug-likeness (QED) is 0.159. The number of aliphatic hydroxyl groups excluding tert-OH is 10. The monoisotopic (exact) mass is 392 g/mol. The van der Waals surface area contributed by atoms with Gasteiger partial charge in [0, 0.05) is 10.7 Å². The van der Waals surface area contributed by atoms with Crippen LogP contribution in [0.25, 0.3) is 0 Å². The molecule has 0 aliphatic heterocycles. The van der Waals surface area contributed by atoms with E-state index in [4.69, 9.17) is 51.1 Å². The summed E-state index contributed by atoms with van der Waals surface area (Å²) in [6.07, 6.45) is -12.1. The van der Waals surface area contributed by atoms with Gasteiger partial charge in [-0.25, -0.2) is 0 Å². The van der Waals surface area contributed by atoms with Crippen molar-refractivity contribution in [3.63, 3.8) is 0 Å². The molecular weight excluding hydrogens is 368 g/mol. The Labute approximate surface area is 148 Å². The van der Waals surface area contributed by atoms with Crippen LogP contribution in [0.15, 0.2) is 0 Å². The van der Waals surface area contributed by atoms with E-state index >= 15 is 0 Å². The lowest BCUT2D eigenvalue weighted by molar-refractivity contribution is -0.0996. The summed E-state index contributed by atoms with van der Waals surface area (Å²) < 4.78 is 0. The molecule has 0 amide bonds. The molecule has 0 saturated carbocycles. The average Bonchev–Trinajstić information content (AvgIpc) is 2.62. The second kappa shape index (κ2) is 14.0. The summed E-state index contributed by atoms with van der Waals surface area (Å²) in [6.45, 7) is -1.38. The highest BCUT2D eigenvalue weighted by Gasteiger charge is 2.29. The number of rotatable bonds is 10. The molecule has 12 heteroatoms. The van der Waals surface area contributed by atoms with Gasteiger partial charge in [-0.2, -0.15) is 0 Å². The van der Waals surface area contributed by atoms with Crippen LogP contribution in [0.2, 0.25) is 0 Å². The SMILES string of the molecule is OC[C@@H](O)[C@@H](O)[C@H](O)[C@@H](O)C=S.OC[C@@H](O)[C@@H](O)[C@H](O)[C@H](O)C=S. The van der Waals surface area contributed by atoms with Crippen molar-refractivity contribution in [1.29, 1.82) is 0 Å². The van der Waals surface area contributed by atoms with Crippen LogP contribution in [0.1, 0.15) is 0 Å². The summed E-state index contributed by atoms with van der Waals surface area (Å²) in [6, 6.07) is 0. The van der Waals surface area contributed by atoms with E-state index in [1.54, 1.807) is 0 Å². The predicted molar refractivity (Wildman–Crippen MR) is 89.5 cm³/mol. The van der Waals surface area contributed by atoms with Crippen molar-refractivity contribution in [3.8, 4) is 0 Å². The first kappa shape index (κ1) is 26.0. The van der Waals surface area contributed by atoms with Gasteiger partial charge in [-0.1, -0.05) is 24.4 Å². The lowest BCUT2D eigenvalue weighted by atomic mass is 10.0. The van der Waals surface area contributed by atoms with E-state index < -0.39 is 62.0 Å². The lowest BCUT2D eigenvalue weighted by Crippen LogP contribution is -2.46. The summed E-state index contributed by atoms with van der Waals surface area (Å²) >= 11 is 8.61. The average molecular weight is 392 g/mol. The van der Waals surface area contributed by atoms with Crippen LogP contribution in [0.4, 0.5) is 0 Å². The predicted octanol–water partition coefficient (Wildman–Crippen LogP) is -5.16. The molecule has 0 fully saturated rings. The van der Waals surface area contributed by atoms with Crippen molar-refractivity contribution < 1.29 is 51.1 Å². The highest BCUT2D eigenvalue weighted by molar-refractivity contribution is 7.79. The maximum absolute atomic E-state index is 9.02. The van der Waals surface area contributed by atoms with E-state index in [0.29, 0.717) is 0 Å². The third-order valence-corrected chi connectivity index (χ3v) is 3.40. The zero-order valence-corrected chi connectivity index (χ0v) is 14.1. The fourth-order valence-corrected chi connectivity index (χ4v) is 1.56. The van der Waals surface area contributed by atoms with Crippen molar-refractivity contribution >= 4 is 35.2 Å². The first-order chi connectivity index (χ1) is 11.1. The summed E-state index contributed by atoms with van der Waals surface area (Å²) in [7, 11) is 0. The van der Waals surface area contributed by atoms with E-state index in [9.17, 15) is 0 Å². The largest absolute Gasteiger partial charge is 0.394 e. The molecule has 0 aliphatic rings. The molecule has 0 unspecified atom stereocenters. The molecule has 0 aromatic heterocycles. The Bertz CT molecular complexity index is 316. The molecule has 0 rings (SSSR count). The fraction of sp³-hybridized carbons (Fsp3) is 0.833. The van der Waals surface area contributed by atoms with E-state index in [0.717, 1.165) is 10.7 Å². The molecule has 10 N–H and O–H groups in total. The minimum atomic E-state index is -1.61.